The molecule has 0 radical (unpaired) electrons. The van der Waals surface area contributed by atoms with Crippen molar-refractivity contribution >= 4 is 34.3 Å². The van der Waals surface area contributed by atoms with Gasteiger partial charge >= 0.3 is 0 Å². The third-order valence-electron chi connectivity index (χ3n) is 4.05. The average Bonchev–Trinajstić information content (AvgIpc) is 3.18. The summed E-state index contributed by atoms with van der Waals surface area (Å²) < 4.78 is 6.93. The van der Waals surface area contributed by atoms with Gasteiger partial charge in [-0.1, -0.05) is 58.9 Å². The number of hydrogen-bond acceptors (Lipinski definition) is 6. The molecule has 0 atom stereocenters. The maximum absolute atomic E-state index is 12.8. The van der Waals surface area contributed by atoms with E-state index in [-0.39, 0.29) is 5.56 Å². The lowest BCUT2D eigenvalue weighted by Gasteiger charge is -2.10. The number of thioether (sulfide) groups is 1. The maximum atomic E-state index is 12.8. The van der Waals surface area contributed by atoms with Crippen LogP contribution in [-0.4, -0.2) is 19.7 Å². The fourth-order valence-electron chi connectivity index (χ4n) is 2.74. The number of halogens is 1. The molecule has 0 amide bonds. The van der Waals surface area contributed by atoms with E-state index in [2.05, 4.69) is 21.7 Å². The highest BCUT2D eigenvalue weighted by Crippen LogP contribution is 2.27. The topological polar surface area (TPSA) is 73.8 Å². The van der Waals surface area contributed by atoms with Gasteiger partial charge in [-0.25, -0.2) is 4.98 Å². The smallest absolute Gasteiger partial charge is 0.262 e. The molecule has 4 aromatic rings. The molecule has 0 aliphatic heterocycles. The second kappa shape index (κ2) is 8.00. The summed E-state index contributed by atoms with van der Waals surface area (Å²) in [5.74, 6) is 1.22. The van der Waals surface area contributed by atoms with Crippen LogP contribution in [0.25, 0.3) is 22.3 Å². The van der Waals surface area contributed by atoms with Gasteiger partial charge in [0.25, 0.3) is 5.56 Å². The van der Waals surface area contributed by atoms with Crippen LogP contribution in [-0.2, 0) is 12.3 Å². The van der Waals surface area contributed by atoms with Gasteiger partial charge in [0, 0.05) is 12.1 Å². The van der Waals surface area contributed by atoms with Crippen molar-refractivity contribution < 1.29 is 4.52 Å². The summed E-state index contributed by atoms with van der Waals surface area (Å²) in [6.45, 7) is 4.10. The fraction of sp³-hybridized carbons (Fsp3) is 0.100. The monoisotopic (exact) mass is 410 g/mol. The van der Waals surface area contributed by atoms with Crippen LogP contribution < -0.4 is 5.56 Å². The molecule has 6 nitrogen and oxygen atoms in total. The van der Waals surface area contributed by atoms with Crippen LogP contribution >= 0.6 is 23.4 Å². The van der Waals surface area contributed by atoms with E-state index in [9.17, 15) is 4.79 Å². The van der Waals surface area contributed by atoms with Crippen molar-refractivity contribution in [2.45, 2.75) is 17.5 Å². The molecule has 0 saturated heterocycles. The second-order valence-electron chi connectivity index (χ2n) is 5.90. The van der Waals surface area contributed by atoms with Crippen LogP contribution in [0.4, 0.5) is 0 Å². The van der Waals surface area contributed by atoms with Gasteiger partial charge in [0.05, 0.1) is 21.7 Å². The number of benzene rings is 2. The van der Waals surface area contributed by atoms with Gasteiger partial charge in [0.15, 0.2) is 5.16 Å². The molecule has 0 aliphatic carbocycles. The van der Waals surface area contributed by atoms with E-state index < -0.39 is 0 Å². The van der Waals surface area contributed by atoms with E-state index in [0.717, 1.165) is 0 Å². The van der Waals surface area contributed by atoms with Crippen LogP contribution in [0.15, 0.2) is 75.7 Å². The lowest BCUT2D eigenvalue weighted by atomic mass is 10.2. The largest absolute Gasteiger partial charge is 0.338 e. The highest BCUT2D eigenvalue weighted by molar-refractivity contribution is 7.98. The molecule has 0 fully saturated rings. The summed E-state index contributed by atoms with van der Waals surface area (Å²) in [5, 5.41) is 5.70. The summed E-state index contributed by atoms with van der Waals surface area (Å²) >= 11 is 7.54. The highest BCUT2D eigenvalue weighted by atomic mass is 35.5. The number of para-hydroxylation sites is 1. The quantitative estimate of drug-likeness (QED) is 0.263. The summed E-state index contributed by atoms with van der Waals surface area (Å²) in [6.07, 6.45) is 1.67. The minimum atomic E-state index is -0.102. The third-order valence-corrected chi connectivity index (χ3v) is 5.34. The fourth-order valence-corrected chi connectivity index (χ4v) is 3.81. The second-order valence-corrected chi connectivity index (χ2v) is 7.25. The summed E-state index contributed by atoms with van der Waals surface area (Å²) in [4.78, 5) is 21.8. The summed E-state index contributed by atoms with van der Waals surface area (Å²) in [5.41, 5.74) is 1.25. The molecule has 28 heavy (non-hydrogen) atoms. The van der Waals surface area contributed by atoms with Gasteiger partial charge in [-0.2, -0.15) is 4.98 Å². The van der Waals surface area contributed by atoms with Crippen LogP contribution in [0, 0.1) is 0 Å². The maximum Gasteiger partial charge on any atom is 0.262 e. The molecule has 2 aromatic carbocycles. The van der Waals surface area contributed by atoms with Crippen molar-refractivity contribution in [2.75, 3.05) is 0 Å². The first-order valence-electron chi connectivity index (χ1n) is 8.48. The molecule has 4 rings (SSSR count). The number of fused-ring (bicyclic) bond motifs is 1. The Hall–Kier alpha value is -2.90. The molecule has 0 spiro atoms. The Kier molecular flexibility index (Phi) is 5.27. The Morgan fingerprint density at radius 3 is 2.75 bits per heavy atom. The van der Waals surface area contributed by atoms with Crippen LogP contribution in [0.3, 0.4) is 0 Å². The molecule has 0 bridgehead atoms. The molecule has 0 saturated carbocycles. The molecule has 2 aromatic heterocycles. The Labute approximate surface area is 169 Å². The van der Waals surface area contributed by atoms with Crippen molar-refractivity contribution in [3.63, 3.8) is 0 Å². The lowest BCUT2D eigenvalue weighted by molar-refractivity contribution is 0.391. The van der Waals surface area contributed by atoms with E-state index in [1.807, 2.05) is 36.4 Å². The molecule has 8 heteroatoms. The van der Waals surface area contributed by atoms with E-state index in [1.165, 1.54) is 11.8 Å². The standard InChI is InChI=1S/C20H15ClN4O2S/c1-2-11-25-19(26)14-8-4-6-10-16(14)22-20(25)28-12-17-23-18(24-27-17)13-7-3-5-9-15(13)21/h2-10H,1,11-12H2. The van der Waals surface area contributed by atoms with E-state index in [1.54, 1.807) is 22.8 Å². The Bertz CT molecular complexity index is 1220. The molecular formula is C20H15ClN4O2S. The Morgan fingerprint density at radius 1 is 1.14 bits per heavy atom. The van der Waals surface area contributed by atoms with E-state index >= 15 is 0 Å². The number of hydrogen-bond donors (Lipinski definition) is 0. The van der Waals surface area contributed by atoms with Gasteiger partial charge in [-0.3, -0.25) is 9.36 Å². The van der Waals surface area contributed by atoms with E-state index in [0.29, 0.717) is 50.7 Å². The number of allylic oxidation sites excluding steroid dienone is 1. The van der Waals surface area contributed by atoms with Crippen molar-refractivity contribution in [1.82, 2.24) is 19.7 Å². The average molecular weight is 411 g/mol. The molecule has 0 aliphatic rings. The van der Waals surface area contributed by atoms with Crippen LogP contribution in [0.1, 0.15) is 5.89 Å². The van der Waals surface area contributed by atoms with Crippen LogP contribution in [0.5, 0.6) is 0 Å². The van der Waals surface area contributed by atoms with Gasteiger partial charge in [0.1, 0.15) is 0 Å². The summed E-state index contributed by atoms with van der Waals surface area (Å²) in [7, 11) is 0. The zero-order chi connectivity index (χ0) is 19.5. The van der Waals surface area contributed by atoms with Gasteiger partial charge in [-0.15, -0.1) is 6.58 Å². The molecule has 2 heterocycles. The van der Waals surface area contributed by atoms with Gasteiger partial charge in [0.2, 0.25) is 11.7 Å². The predicted octanol–water partition coefficient (Wildman–Crippen LogP) is 4.58. The third kappa shape index (κ3) is 3.58. The molecular weight excluding hydrogens is 396 g/mol. The first-order chi connectivity index (χ1) is 13.7. The lowest BCUT2D eigenvalue weighted by Crippen LogP contribution is -2.22. The first-order valence-corrected chi connectivity index (χ1v) is 9.84. The number of aromatic nitrogens is 4. The molecule has 0 unspecified atom stereocenters. The van der Waals surface area contributed by atoms with Crippen molar-refractivity contribution in [1.29, 1.82) is 0 Å². The molecule has 140 valence electrons. The zero-order valence-corrected chi connectivity index (χ0v) is 16.3. The zero-order valence-electron chi connectivity index (χ0n) is 14.7. The molecule has 0 N–H and O–H groups in total. The van der Waals surface area contributed by atoms with Crippen molar-refractivity contribution in [3.8, 4) is 11.4 Å². The number of nitrogens with zero attached hydrogens (tertiary/aromatic N) is 4. The minimum Gasteiger partial charge on any atom is -0.338 e. The Balaban J connectivity index is 1.63. The highest BCUT2D eigenvalue weighted by Gasteiger charge is 2.15. The SMILES string of the molecule is C=CCn1c(SCc2nc(-c3ccccc3Cl)no2)nc2ccccc2c1=O. The van der Waals surface area contributed by atoms with Gasteiger partial charge < -0.3 is 4.52 Å². The summed E-state index contributed by atoms with van der Waals surface area (Å²) in [6, 6.07) is 14.6. The van der Waals surface area contributed by atoms with E-state index in [4.69, 9.17) is 16.1 Å². The number of rotatable bonds is 6. The normalized spacial score (nSPS) is 11.0. The minimum absolute atomic E-state index is 0.102. The van der Waals surface area contributed by atoms with Crippen molar-refractivity contribution in [2.24, 2.45) is 0 Å². The van der Waals surface area contributed by atoms with Crippen LogP contribution in [0.2, 0.25) is 5.02 Å². The van der Waals surface area contributed by atoms with Gasteiger partial charge in [-0.05, 0) is 24.3 Å². The predicted molar refractivity (Wildman–Crippen MR) is 111 cm³/mol. The Morgan fingerprint density at radius 2 is 1.93 bits per heavy atom. The van der Waals surface area contributed by atoms with Crippen molar-refractivity contribution in [3.05, 3.63) is 82.5 Å². The first kappa shape index (κ1) is 18.5.